The van der Waals surface area contributed by atoms with Gasteiger partial charge in [-0.15, -0.1) is 0 Å². The molecule has 0 aliphatic carbocycles. The molecule has 0 bridgehead atoms. The van der Waals surface area contributed by atoms with Gasteiger partial charge >= 0.3 is 0 Å². The van der Waals surface area contributed by atoms with Gasteiger partial charge in [-0.25, -0.2) is 0 Å². The Hall–Kier alpha value is -1.02. The van der Waals surface area contributed by atoms with E-state index in [0.29, 0.717) is 12.0 Å². The number of hydrogen-bond donors (Lipinski definition) is 1. The van der Waals surface area contributed by atoms with E-state index >= 15 is 0 Å². The van der Waals surface area contributed by atoms with E-state index in [1.165, 1.54) is 0 Å². The van der Waals surface area contributed by atoms with Crippen LogP contribution in [0, 0.1) is 5.41 Å². The predicted octanol–water partition coefficient (Wildman–Crippen LogP) is 3.55. The van der Waals surface area contributed by atoms with E-state index in [9.17, 15) is 5.11 Å². The SMILES string of the molecule is C[C@H](O)c1cccc(OCCC(C)(C)C)c1. The smallest absolute Gasteiger partial charge is 0.119 e. The Labute approximate surface area is 98.3 Å². The Balaban J connectivity index is 2.51. The second-order valence-corrected chi connectivity index (χ2v) is 5.41. The van der Waals surface area contributed by atoms with Crippen LogP contribution in [0.4, 0.5) is 0 Å². The van der Waals surface area contributed by atoms with Crippen molar-refractivity contribution in [3.05, 3.63) is 29.8 Å². The molecule has 90 valence electrons. The van der Waals surface area contributed by atoms with E-state index in [1.807, 2.05) is 24.3 Å². The predicted molar refractivity (Wildman–Crippen MR) is 66.6 cm³/mol. The molecule has 0 fully saturated rings. The summed E-state index contributed by atoms with van der Waals surface area (Å²) in [7, 11) is 0. The molecule has 0 aromatic heterocycles. The highest BCUT2D eigenvalue weighted by Crippen LogP contribution is 2.21. The first-order valence-electron chi connectivity index (χ1n) is 5.79. The molecule has 0 aliphatic rings. The Bertz CT molecular complexity index is 324. The average Bonchev–Trinajstić information content (AvgIpc) is 2.16. The highest BCUT2D eigenvalue weighted by atomic mass is 16.5. The first kappa shape index (κ1) is 13.0. The van der Waals surface area contributed by atoms with E-state index in [2.05, 4.69) is 20.8 Å². The molecule has 1 aromatic rings. The lowest BCUT2D eigenvalue weighted by Crippen LogP contribution is -2.11. The first-order valence-corrected chi connectivity index (χ1v) is 5.79. The van der Waals surface area contributed by atoms with Crippen LogP contribution in [-0.4, -0.2) is 11.7 Å². The van der Waals surface area contributed by atoms with E-state index in [1.54, 1.807) is 6.92 Å². The van der Waals surface area contributed by atoms with Gasteiger partial charge in [0.25, 0.3) is 0 Å². The van der Waals surface area contributed by atoms with Crippen LogP contribution >= 0.6 is 0 Å². The molecule has 0 radical (unpaired) electrons. The molecule has 1 N–H and O–H groups in total. The molecule has 0 saturated carbocycles. The molecule has 1 aromatic carbocycles. The number of aliphatic hydroxyl groups excluding tert-OH is 1. The lowest BCUT2D eigenvalue weighted by Gasteiger charge is -2.18. The zero-order valence-electron chi connectivity index (χ0n) is 10.7. The van der Waals surface area contributed by atoms with Crippen LogP contribution in [0.15, 0.2) is 24.3 Å². The summed E-state index contributed by atoms with van der Waals surface area (Å²) >= 11 is 0. The van der Waals surface area contributed by atoms with E-state index < -0.39 is 6.10 Å². The second kappa shape index (κ2) is 5.35. The summed E-state index contributed by atoms with van der Waals surface area (Å²) in [6.07, 6.45) is 0.581. The van der Waals surface area contributed by atoms with Crippen LogP contribution in [0.25, 0.3) is 0 Å². The van der Waals surface area contributed by atoms with Gasteiger partial charge in [-0.1, -0.05) is 32.9 Å². The van der Waals surface area contributed by atoms with E-state index in [-0.39, 0.29) is 0 Å². The summed E-state index contributed by atoms with van der Waals surface area (Å²) in [5.74, 6) is 0.836. The van der Waals surface area contributed by atoms with Crippen molar-refractivity contribution < 1.29 is 9.84 Å². The van der Waals surface area contributed by atoms with Gasteiger partial charge in [0, 0.05) is 0 Å². The fraction of sp³-hybridized carbons (Fsp3) is 0.571. The molecule has 1 rings (SSSR count). The quantitative estimate of drug-likeness (QED) is 0.844. The van der Waals surface area contributed by atoms with Gasteiger partial charge < -0.3 is 9.84 Å². The number of ether oxygens (including phenoxy) is 1. The van der Waals surface area contributed by atoms with Crippen LogP contribution in [-0.2, 0) is 0 Å². The topological polar surface area (TPSA) is 29.5 Å². The molecule has 1 atom stereocenters. The third-order valence-electron chi connectivity index (χ3n) is 2.46. The Morgan fingerprint density at radius 1 is 1.31 bits per heavy atom. The van der Waals surface area contributed by atoms with Gasteiger partial charge in [-0.3, -0.25) is 0 Å². The molecule has 0 heterocycles. The van der Waals surface area contributed by atoms with E-state index in [0.717, 1.165) is 17.7 Å². The molecule has 0 spiro atoms. The van der Waals surface area contributed by atoms with Gasteiger partial charge in [0.1, 0.15) is 5.75 Å². The number of hydrogen-bond acceptors (Lipinski definition) is 2. The van der Waals surface area contributed by atoms with Crippen LogP contribution in [0.3, 0.4) is 0 Å². The van der Waals surface area contributed by atoms with Crippen molar-refractivity contribution >= 4 is 0 Å². The molecule has 2 heteroatoms. The molecular weight excluding hydrogens is 200 g/mol. The van der Waals surface area contributed by atoms with Crippen molar-refractivity contribution in [2.75, 3.05) is 6.61 Å². The molecule has 0 amide bonds. The summed E-state index contributed by atoms with van der Waals surface area (Å²) in [6.45, 7) is 9.06. The highest BCUT2D eigenvalue weighted by Gasteiger charge is 2.10. The van der Waals surface area contributed by atoms with Gasteiger partial charge in [0.05, 0.1) is 12.7 Å². The Morgan fingerprint density at radius 2 is 2.00 bits per heavy atom. The number of rotatable bonds is 4. The van der Waals surface area contributed by atoms with Crippen molar-refractivity contribution in [3.8, 4) is 5.75 Å². The van der Waals surface area contributed by atoms with Gasteiger partial charge in [-0.2, -0.15) is 0 Å². The maximum absolute atomic E-state index is 9.45. The zero-order valence-corrected chi connectivity index (χ0v) is 10.7. The maximum Gasteiger partial charge on any atom is 0.119 e. The van der Waals surface area contributed by atoms with Crippen LogP contribution in [0.5, 0.6) is 5.75 Å². The number of aliphatic hydroxyl groups is 1. The monoisotopic (exact) mass is 222 g/mol. The fourth-order valence-electron chi connectivity index (χ4n) is 1.34. The molecule has 2 nitrogen and oxygen atoms in total. The Morgan fingerprint density at radius 3 is 2.56 bits per heavy atom. The second-order valence-electron chi connectivity index (χ2n) is 5.41. The molecule has 16 heavy (non-hydrogen) atoms. The summed E-state index contributed by atoms with van der Waals surface area (Å²) in [6, 6.07) is 7.64. The molecule has 0 unspecified atom stereocenters. The van der Waals surface area contributed by atoms with Crippen molar-refractivity contribution in [1.29, 1.82) is 0 Å². The van der Waals surface area contributed by atoms with Crippen LogP contribution < -0.4 is 4.74 Å². The normalized spacial score (nSPS) is 13.6. The fourth-order valence-corrected chi connectivity index (χ4v) is 1.34. The lowest BCUT2D eigenvalue weighted by molar-refractivity contribution is 0.197. The molecular formula is C14H22O2. The van der Waals surface area contributed by atoms with Crippen molar-refractivity contribution in [1.82, 2.24) is 0 Å². The summed E-state index contributed by atoms with van der Waals surface area (Å²) < 4.78 is 5.66. The first-order chi connectivity index (χ1) is 7.38. The van der Waals surface area contributed by atoms with Crippen LogP contribution in [0.2, 0.25) is 0 Å². The maximum atomic E-state index is 9.45. The van der Waals surface area contributed by atoms with Crippen molar-refractivity contribution in [2.45, 2.75) is 40.2 Å². The molecule has 0 aliphatic heterocycles. The summed E-state index contributed by atoms with van der Waals surface area (Å²) in [5.41, 5.74) is 1.19. The van der Waals surface area contributed by atoms with E-state index in [4.69, 9.17) is 4.74 Å². The minimum Gasteiger partial charge on any atom is -0.494 e. The largest absolute Gasteiger partial charge is 0.494 e. The zero-order chi connectivity index (χ0) is 12.2. The number of benzene rings is 1. The van der Waals surface area contributed by atoms with Crippen LogP contribution in [0.1, 0.15) is 45.8 Å². The minimum absolute atomic E-state index is 0.294. The lowest BCUT2D eigenvalue weighted by atomic mass is 9.93. The standard InChI is InChI=1S/C14H22O2/c1-11(15)12-6-5-7-13(10-12)16-9-8-14(2,3)4/h5-7,10-11,15H,8-9H2,1-4H3/t11-/m0/s1. The minimum atomic E-state index is -0.439. The highest BCUT2D eigenvalue weighted by molar-refractivity contribution is 5.29. The van der Waals surface area contributed by atoms with Crippen molar-refractivity contribution in [3.63, 3.8) is 0 Å². The summed E-state index contributed by atoms with van der Waals surface area (Å²) in [4.78, 5) is 0. The molecule has 0 saturated heterocycles. The van der Waals surface area contributed by atoms with Gasteiger partial charge in [-0.05, 0) is 36.5 Å². The Kier molecular flexibility index (Phi) is 4.36. The average molecular weight is 222 g/mol. The van der Waals surface area contributed by atoms with Gasteiger partial charge in [0.15, 0.2) is 0 Å². The third kappa shape index (κ3) is 4.67. The third-order valence-corrected chi connectivity index (χ3v) is 2.46. The van der Waals surface area contributed by atoms with Crippen molar-refractivity contribution in [2.24, 2.45) is 5.41 Å². The van der Waals surface area contributed by atoms with Gasteiger partial charge in [0.2, 0.25) is 0 Å². The summed E-state index contributed by atoms with van der Waals surface area (Å²) in [5, 5.41) is 9.45.